The maximum atomic E-state index is 13.2. The van der Waals surface area contributed by atoms with E-state index in [1.54, 1.807) is 16.8 Å². The molecule has 1 aromatic carbocycles. The number of fused-ring (bicyclic) bond motifs is 1. The zero-order valence-corrected chi connectivity index (χ0v) is 14.1. The molecule has 2 aliphatic rings. The molecule has 4 rings (SSSR count). The second-order valence-corrected chi connectivity index (χ2v) is 6.35. The van der Waals surface area contributed by atoms with Crippen LogP contribution in [0.2, 0.25) is 0 Å². The smallest absolute Gasteiger partial charge is 0.245 e. The lowest BCUT2D eigenvalue weighted by Gasteiger charge is -2.28. The van der Waals surface area contributed by atoms with Gasteiger partial charge in [-0.15, -0.1) is 0 Å². The molecule has 0 bridgehead atoms. The quantitative estimate of drug-likeness (QED) is 0.867. The first-order valence-electron chi connectivity index (χ1n) is 8.32. The molecule has 0 spiro atoms. The summed E-state index contributed by atoms with van der Waals surface area (Å²) in [5.74, 6) is 0. The first-order chi connectivity index (χ1) is 12.1. The highest BCUT2D eigenvalue weighted by atomic mass is 16.2. The highest BCUT2D eigenvalue weighted by Crippen LogP contribution is 2.34. The van der Waals surface area contributed by atoms with E-state index in [-0.39, 0.29) is 17.4 Å². The summed E-state index contributed by atoms with van der Waals surface area (Å²) in [6.45, 7) is 6.36. The fourth-order valence-corrected chi connectivity index (χ4v) is 3.54. The number of para-hydroxylation sites is 1. The Hall–Kier alpha value is -3.08. The molecule has 0 amide bonds. The van der Waals surface area contributed by atoms with Crippen molar-refractivity contribution in [1.82, 2.24) is 13.9 Å². The summed E-state index contributed by atoms with van der Waals surface area (Å²) in [7, 11) is 0. The van der Waals surface area contributed by atoms with E-state index in [1.807, 2.05) is 37.3 Å². The van der Waals surface area contributed by atoms with Crippen molar-refractivity contribution in [3.05, 3.63) is 98.9 Å². The van der Waals surface area contributed by atoms with Gasteiger partial charge < -0.3 is 0 Å². The fraction of sp³-hybridized carbons (Fsp3) is 0.200. The van der Waals surface area contributed by atoms with Gasteiger partial charge in [0.15, 0.2) is 0 Å². The van der Waals surface area contributed by atoms with Crippen molar-refractivity contribution in [3.63, 3.8) is 0 Å². The predicted octanol–water partition coefficient (Wildman–Crippen LogP) is 2.74. The third-order valence-corrected chi connectivity index (χ3v) is 4.71. The van der Waals surface area contributed by atoms with E-state index < -0.39 is 0 Å². The van der Waals surface area contributed by atoms with Gasteiger partial charge in [0.25, 0.3) is 0 Å². The average molecular weight is 333 g/mol. The zero-order chi connectivity index (χ0) is 17.6. The Morgan fingerprint density at radius 2 is 1.88 bits per heavy atom. The number of hydrogen-bond donors (Lipinski definition) is 0. The number of hydrogen-bond acceptors (Lipinski definition) is 2. The van der Waals surface area contributed by atoms with E-state index in [2.05, 4.69) is 18.7 Å². The average Bonchev–Trinajstić information content (AvgIpc) is 3.23. The molecule has 2 heterocycles. The summed E-state index contributed by atoms with van der Waals surface area (Å²) < 4.78 is 4.32. The normalized spacial score (nSPS) is 18.7. The van der Waals surface area contributed by atoms with E-state index in [0.29, 0.717) is 12.2 Å². The van der Waals surface area contributed by atoms with E-state index in [0.717, 1.165) is 23.1 Å². The Kier molecular flexibility index (Phi) is 3.57. The summed E-state index contributed by atoms with van der Waals surface area (Å²) in [6, 6.07) is 8.73. The molecule has 0 saturated heterocycles. The number of benzene rings is 1. The summed E-state index contributed by atoms with van der Waals surface area (Å²) in [5.41, 5.74) is 2.86. The number of allylic oxidation sites excluding steroid dienone is 7. The Bertz CT molecular complexity index is 1060. The monoisotopic (exact) mass is 333 g/mol. The van der Waals surface area contributed by atoms with E-state index >= 15 is 0 Å². The third-order valence-electron chi connectivity index (χ3n) is 4.71. The molecule has 126 valence electrons. The molecule has 5 heteroatoms. The Morgan fingerprint density at radius 1 is 1.12 bits per heavy atom. The number of rotatable bonds is 3. The molecule has 5 nitrogen and oxygen atoms in total. The standard InChI is InChI=1S/C20H19N3O2/c1-14(2)17-12-13-21-19(24)22(16-10-4-3-5-11-16)20(25)23(21)18(17)15-8-6-7-9-15/h3-6,8-12,18H,1,7,13H2,2H3. The van der Waals surface area contributed by atoms with Crippen LogP contribution in [0.5, 0.6) is 0 Å². The van der Waals surface area contributed by atoms with Crippen LogP contribution in [-0.4, -0.2) is 13.9 Å². The fourth-order valence-electron chi connectivity index (χ4n) is 3.54. The first kappa shape index (κ1) is 15.4. The molecule has 1 atom stereocenters. The van der Waals surface area contributed by atoms with Crippen LogP contribution in [0.1, 0.15) is 19.4 Å². The van der Waals surface area contributed by atoms with Crippen molar-refractivity contribution in [2.75, 3.05) is 0 Å². The highest BCUT2D eigenvalue weighted by Gasteiger charge is 2.31. The van der Waals surface area contributed by atoms with Gasteiger partial charge in [0, 0.05) is 0 Å². The largest absolute Gasteiger partial charge is 0.352 e. The molecular weight excluding hydrogens is 314 g/mol. The van der Waals surface area contributed by atoms with Crippen LogP contribution in [0.3, 0.4) is 0 Å². The van der Waals surface area contributed by atoms with Gasteiger partial charge in [0.2, 0.25) is 0 Å². The Morgan fingerprint density at radius 3 is 2.52 bits per heavy atom. The summed E-state index contributed by atoms with van der Waals surface area (Å²) in [5, 5.41) is 0. The molecule has 1 aromatic heterocycles. The van der Waals surface area contributed by atoms with Crippen LogP contribution in [0.25, 0.3) is 5.69 Å². The van der Waals surface area contributed by atoms with E-state index in [4.69, 9.17) is 0 Å². The van der Waals surface area contributed by atoms with Gasteiger partial charge in [0.1, 0.15) is 6.04 Å². The Labute approximate surface area is 145 Å². The van der Waals surface area contributed by atoms with Gasteiger partial charge in [0.05, 0.1) is 12.2 Å². The maximum absolute atomic E-state index is 13.2. The first-order valence-corrected chi connectivity index (χ1v) is 8.32. The van der Waals surface area contributed by atoms with Gasteiger partial charge in [-0.3, -0.25) is 0 Å². The highest BCUT2D eigenvalue weighted by molar-refractivity contribution is 5.44. The Balaban J connectivity index is 1.98. The van der Waals surface area contributed by atoms with Gasteiger partial charge in [-0.1, -0.05) is 54.7 Å². The molecule has 2 aromatic rings. The van der Waals surface area contributed by atoms with Gasteiger partial charge in [-0.05, 0) is 36.6 Å². The SMILES string of the molecule is C=C(C)C1=CCn2c(=O)n(-c3ccccc3)c(=O)n2C1C1=CCC=C1. The predicted molar refractivity (Wildman–Crippen MR) is 98.1 cm³/mol. The number of nitrogens with zero attached hydrogens (tertiary/aromatic N) is 3. The van der Waals surface area contributed by atoms with Crippen LogP contribution in [0.4, 0.5) is 0 Å². The van der Waals surface area contributed by atoms with Crippen LogP contribution < -0.4 is 11.4 Å². The molecule has 1 aliphatic heterocycles. The summed E-state index contributed by atoms with van der Waals surface area (Å²) in [4.78, 5) is 26.1. The zero-order valence-electron chi connectivity index (χ0n) is 14.1. The van der Waals surface area contributed by atoms with Crippen LogP contribution in [0.15, 0.2) is 87.5 Å². The van der Waals surface area contributed by atoms with Crippen molar-refractivity contribution < 1.29 is 0 Å². The maximum Gasteiger partial charge on any atom is 0.352 e. The minimum atomic E-state index is -0.325. The second-order valence-electron chi connectivity index (χ2n) is 6.35. The molecule has 0 radical (unpaired) electrons. The van der Waals surface area contributed by atoms with Gasteiger partial charge in [-0.25, -0.2) is 23.5 Å². The summed E-state index contributed by atoms with van der Waals surface area (Å²) >= 11 is 0. The molecule has 1 unspecified atom stereocenters. The van der Waals surface area contributed by atoms with E-state index in [9.17, 15) is 9.59 Å². The van der Waals surface area contributed by atoms with Crippen molar-refractivity contribution in [2.45, 2.75) is 25.9 Å². The molecule has 0 fully saturated rings. The molecule has 0 saturated carbocycles. The van der Waals surface area contributed by atoms with Crippen molar-refractivity contribution >= 4 is 0 Å². The van der Waals surface area contributed by atoms with Crippen molar-refractivity contribution in [2.24, 2.45) is 0 Å². The molecule has 1 aliphatic carbocycles. The minimum Gasteiger partial charge on any atom is -0.245 e. The molecule has 0 N–H and O–H groups in total. The second kappa shape index (κ2) is 5.77. The molecular formula is C20H19N3O2. The van der Waals surface area contributed by atoms with Crippen molar-refractivity contribution in [1.29, 1.82) is 0 Å². The van der Waals surface area contributed by atoms with E-state index in [1.165, 1.54) is 9.25 Å². The number of aromatic nitrogens is 3. The van der Waals surface area contributed by atoms with Crippen LogP contribution in [-0.2, 0) is 6.54 Å². The topological polar surface area (TPSA) is 48.9 Å². The van der Waals surface area contributed by atoms with Gasteiger partial charge in [-0.2, -0.15) is 0 Å². The van der Waals surface area contributed by atoms with Crippen LogP contribution in [0, 0.1) is 0 Å². The molecule has 25 heavy (non-hydrogen) atoms. The van der Waals surface area contributed by atoms with Crippen molar-refractivity contribution in [3.8, 4) is 5.69 Å². The van der Waals surface area contributed by atoms with Crippen LogP contribution >= 0.6 is 0 Å². The third kappa shape index (κ3) is 2.31. The minimum absolute atomic E-state index is 0.310. The summed E-state index contributed by atoms with van der Waals surface area (Å²) in [6.07, 6.45) is 9.01. The van der Waals surface area contributed by atoms with Gasteiger partial charge >= 0.3 is 11.4 Å². The lowest BCUT2D eigenvalue weighted by atomic mass is 9.93. The lowest BCUT2D eigenvalue weighted by Crippen LogP contribution is -2.35. The lowest BCUT2D eigenvalue weighted by molar-refractivity contribution is 0.424.